The van der Waals surface area contributed by atoms with E-state index in [0.29, 0.717) is 13.0 Å². The molecule has 0 aromatic heterocycles. The molecule has 2 unspecified atom stereocenters. The van der Waals surface area contributed by atoms with Gasteiger partial charge in [0.15, 0.2) is 0 Å². The predicted molar refractivity (Wildman–Crippen MR) is 77.5 cm³/mol. The van der Waals surface area contributed by atoms with Gasteiger partial charge in [0.25, 0.3) is 0 Å². The highest BCUT2D eigenvalue weighted by molar-refractivity contribution is 5.85. The lowest BCUT2D eigenvalue weighted by Crippen LogP contribution is -2.55. The molecule has 0 aromatic carbocycles. The van der Waals surface area contributed by atoms with Crippen molar-refractivity contribution >= 4 is 11.9 Å². The van der Waals surface area contributed by atoms with E-state index in [1.54, 1.807) is 0 Å². The quantitative estimate of drug-likeness (QED) is 0.850. The minimum atomic E-state index is -0.747. The Morgan fingerprint density at radius 1 is 1.05 bits per heavy atom. The second-order valence-electron chi connectivity index (χ2n) is 8.17. The Balaban J connectivity index is 1.57. The van der Waals surface area contributed by atoms with Gasteiger partial charge in [0, 0.05) is 12.6 Å². The third-order valence-electron chi connectivity index (χ3n) is 6.82. The lowest BCUT2D eigenvalue weighted by Gasteiger charge is -2.56. The molecule has 4 bridgehead atoms. The second-order valence-corrected chi connectivity index (χ2v) is 8.17. The molecule has 0 aromatic rings. The van der Waals surface area contributed by atoms with E-state index < -0.39 is 5.97 Å². The van der Waals surface area contributed by atoms with Crippen LogP contribution in [0.5, 0.6) is 0 Å². The average molecular weight is 291 g/mol. The van der Waals surface area contributed by atoms with E-state index in [2.05, 4.69) is 0 Å². The first-order chi connectivity index (χ1) is 9.98. The normalized spacial score (nSPS) is 47.9. The van der Waals surface area contributed by atoms with Gasteiger partial charge in [-0.05, 0) is 69.6 Å². The third kappa shape index (κ3) is 1.94. The number of hydrogen-bond donors (Lipinski definition) is 1. The number of rotatable bonds is 2. The highest BCUT2D eigenvalue weighted by Crippen LogP contribution is 2.60. The molecule has 1 amide bonds. The Hall–Kier alpha value is -1.06. The van der Waals surface area contributed by atoms with Crippen LogP contribution in [0.4, 0.5) is 0 Å². The van der Waals surface area contributed by atoms with Crippen LogP contribution in [0.15, 0.2) is 0 Å². The van der Waals surface area contributed by atoms with E-state index in [9.17, 15) is 14.7 Å². The molecule has 21 heavy (non-hydrogen) atoms. The van der Waals surface area contributed by atoms with Crippen molar-refractivity contribution in [1.29, 1.82) is 0 Å². The number of carbonyl (C=O) groups is 2. The molecule has 5 rings (SSSR count). The van der Waals surface area contributed by atoms with Crippen molar-refractivity contribution in [1.82, 2.24) is 4.90 Å². The summed E-state index contributed by atoms with van der Waals surface area (Å²) in [5.74, 6) is 1.44. The fraction of sp³-hybridized carbons (Fsp3) is 0.882. The molecule has 4 saturated carbocycles. The van der Waals surface area contributed by atoms with Gasteiger partial charge in [-0.25, -0.2) is 0 Å². The van der Waals surface area contributed by atoms with Gasteiger partial charge in [0.1, 0.15) is 0 Å². The number of aliphatic carboxylic acids is 1. The van der Waals surface area contributed by atoms with Crippen molar-refractivity contribution < 1.29 is 14.7 Å². The van der Waals surface area contributed by atoms with E-state index in [-0.39, 0.29) is 23.3 Å². The summed E-state index contributed by atoms with van der Waals surface area (Å²) in [6, 6.07) is -0.136. The lowest BCUT2D eigenvalue weighted by molar-refractivity contribution is -0.159. The fourth-order valence-electron chi connectivity index (χ4n) is 6.23. The molecule has 4 heteroatoms. The van der Waals surface area contributed by atoms with Crippen molar-refractivity contribution in [3.63, 3.8) is 0 Å². The zero-order chi connectivity index (χ0) is 14.8. The number of carboxylic acids is 1. The van der Waals surface area contributed by atoms with E-state index >= 15 is 0 Å². The molecular weight excluding hydrogens is 266 g/mol. The number of likely N-dealkylation sites (tertiary alicyclic amines) is 1. The van der Waals surface area contributed by atoms with E-state index in [0.717, 1.165) is 37.0 Å². The molecular formula is C17H25NO3. The Labute approximate surface area is 125 Å². The van der Waals surface area contributed by atoms with E-state index in [1.807, 2.05) is 11.8 Å². The van der Waals surface area contributed by atoms with Crippen molar-refractivity contribution in [3.8, 4) is 0 Å². The van der Waals surface area contributed by atoms with Crippen molar-refractivity contribution in [3.05, 3.63) is 0 Å². The van der Waals surface area contributed by atoms with Crippen molar-refractivity contribution in [2.24, 2.45) is 29.1 Å². The predicted octanol–water partition coefficient (Wildman–Crippen LogP) is 2.52. The van der Waals surface area contributed by atoms with Crippen LogP contribution in [-0.2, 0) is 9.59 Å². The highest BCUT2D eigenvalue weighted by Gasteiger charge is 2.57. The number of nitrogens with zero attached hydrogens (tertiary/aromatic N) is 1. The van der Waals surface area contributed by atoms with Gasteiger partial charge in [-0.1, -0.05) is 0 Å². The largest absolute Gasteiger partial charge is 0.481 e. The van der Waals surface area contributed by atoms with Crippen LogP contribution in [0.25, 0.3) is 0 Å². The molecule has 0 spiro atoms. The topological polar surface area (TPSA) is 57.6 Å². The number of hydrogen-bond acceptors (Lipinski definition) is 2. The van der Waals surface area contributed by atoms with Crippen LogP contribution >= 0.6 is 0 Å². The Morgan fingerprint density at radius 3 is 2.00 bits per heavy atom. The molecule has 1 aliphatic heterocycles. The summed E-state index contributed by atoms with van der Waals surface area (Å²) in [6.45, 7) is 2.56. The third-order valence-corrected chi connectivity index (χ3v) is 6.82. The molecule has 4 aliphatic carbocycles. The standard InChI is InChI=1S/C17H25NO3/c1-10-14(15(19)20)2-3-18(10)16(21)17-7-11-4-12(8-17)6-13(5-11)9-17/h10-14H,2-9H2,1H3,(H,19,20). The number of carboxylic acid groups (broad SMARTS) is 1. The smallest absolute Gasteiger partial charge is 0.308 e. The maximum atomic E-state index is 13.2. The zero-order valence-electron chi connectivity index (χ0n) is 12.8. The minimum absolute atomic E-state index is 0.129. The van der Waals surface area contributed by atoms with Crippen LogP contribution in [0.1, 0.15) is 51.9 Å². The summed E-state index contributed by atoms with van der Waals surface area (Å²) in [5, 5.41) is 9.28. The van der Waals surface area contributed by atoms with Crippen LogP contribution < -0.4 is 0 Å². The first-order valence-corrected chi connectivity index (χ1v) is 8.52. The summed E-state index contributed by atoms with van der Waals surface area (Å²) < 4.78 is 0. The average Bonchev–Trinajstić information content (AvgIpc) is 2.78. The van der Waals surface area contributed by atoms with Crippen LogP contribution in [-0.4, -0.2) is 34.5 Å². The van der Waals surface area contributed by atoms with E-state index in [1.165, 1.54) is 19.3 Å². The molecule has 1 N–H and O–H groups in total. The number of amides is 1. The maximum absolute atomic E-state index is 13.2. The Kier molecular flexibility index (Phi) is 2.89. The lowest BCUT2D eigenvalue weighted by atomic mass is 9.49. The summed E-state index contributed by atoms with van der Waals surface area (Å²) in [5.41, 5.74) is -0.129. The summed E-state index contributed by atoms with van der Waals surface area (Å²) >= 11 is 0. The first-order valence-electron chi connectivity index (χ1n) is 8.52. The molecule has 1 heterocycles. The Morgan fingerprint density at radius 2 is 1.57 bits per heavy atom. The van der Waals surface area contributed by atoms with Gasteiger partial charge in [0.2, 0.25) is 5.91 Å². The minimum Gasteiger partial charge on any atom is -0.481 e. The molecule has 0 radical (unpaired) electrons. The maximum Gasteiger partial charge on any atom is 0.308 e. The van der Waals surface area contributed by atoms with Gasteiger partial charge in [0.05, 0.1) is 11.3 Å². The van der Waals surface area contributed by atoms with Crippen LogP contribution in [0, 0.1) is 29.1 Å². The molecule has 5 aliphatic rings. The van der Waals surface area contributed by atoms with Crippen molar-refractivity contribution in [2.45, 2.75) is 57.9 Å². The van der Waals surface area contributed by atoms with Crippen LogP contribution in [0.2, 0.25) is 0 Å². The van der Waals surface area contributed by atoms with Gasteiger partial charge < -0.3 is 10.0 Å². The SMILES string of the molecule is CC1C(C(=O)O)CCN1C(=O)C12CC3CC(CC(C3)C1)C2. The van der Waals surface area contributed by atoms with Crippen molar-refractivity contribution in [2.75, 3.05) is 6.54 Å². The van der Waals surface area contributed by atoms with Gasteiger partial charge in [-0.3, -0.25) is 9.59 Å². The summed E-state index contributed by atoms with van der Waals surface area (Å²) in [7, 11) is 0. The molecule has 116 valence electrons. The highest BCUT2D eigenvalue weighted by atomic mass is 16.4. The van der Waals surface area contributed by atoms with E-state index in [4.69, 9.17) is 0 Å². The summed E-state index contributed by atoms with van der Waals surface area (Å²) in [4.78, 5) is 26.4. The van der Waals surface area contributed by atoms with Gasteiger partial charge in [-0.2, -0.15) is 0 Å². The second kappa shape index (κ2) is 4.47. The Bertz CT molecular complexity index is 451. The fourth-order valence-corrected chi connectivity index (χ4v) is 6.23. The van der Waals surface area contributed by atoms with Gasteiger partial charge in [-0.15, -0.1) is 0 Å². The molecule has 1 saturated heterocycles. The van der Waals surface area contributed by atoms with Crippen LogP contribution in [0.3, 0.4) is 0 Å². The summed E-state index contributed by atoms with van der Waals surface area (Å²) in [6.07, 6.45) is 7.82. The molecule has 2 atom stereocenters. The zero-order valence-corrected chi connectivity index (χ0v) is 12.8. The number of carbonyl (C=O) groups excluding carboxylic acids is 1. The van der Waals surface area contributed by atoms with Gasteiger partial charge >= 0.3 is 5.97 Å². The first kappa shape index (κ1) is 13.6. The molecule has 4 nitrogen and oxygen atoms in total. The molecule has 5 fully saturated rings. The monoisotopic (exact) mass is 291 g/mol.